The van der Waals surface area contributed by atoms with E-state index in [2.05, 4.69) is 15.1 Å². The van der Waals surface area contributed by atoms with E-state index in [0.717, 1.165) is 5.82 Å². The third kappa shape index (κ3) is 2.51. The number of pyridine rings is 1. The molecule has 1 aliphatic heterocycles. The highest BCUT2D eigenvalue weighted by molar-refractivity contribution is 5.93. The maximum Gasteiger partial charge on any atom is 0.232 e. The van der Waals surface area contributed by atoms with E-state index in [-0.39, 0.29) is 17.6 Å². The van der Waals surface area contributed by atoms with Crippen LogP contribution in [0.1, 0.15) is 18.1 Å². The summed E-state index contributed by atoms with van der Waals surface area (Å²) in [4.78, 5) is 22.1. The van der Waals surface area contributed by atoms with Crippen LogP contribution in [0.15, 0.2) is 18.3 Å². The van der Waals surface area contributed by atoms with Gasteiger partial charge in [-0.2, -0.15) is 5.10 Å². The largest absolute Gasteiger partial charge is 0.297 e. The Bertz CT molecular complexity index is 684. The monoisotopic (exact) mass is 289 g/mol. The number of carbonyl (C=O) groups is 1. The van der Waals surface area contributed by atoms with Crippen molar-refractivity contribution in [3.8, 4) is 0 Å². The standard InChI is InChI=1S/C14H16FN5O/c1-9-17-12-6-5-10(8-20(12)18-9)14(21)19(2)13-11(15)4-3-7-16-13/h3-4,7,10H,5-6,8H2,1-2H3. The van der Waals surface area contributed by atoms with E-state index < -0.39 is 5.82 Å². The summed E-state index contributed by atoms with van der Waals surface area (Å²) in [7, 11) is 1.55. The molecule has 6 nitrogen and oxygen atoms in total. The van der Waals surface area contributed by atoms with Gasteiger partial charge in [0.25, 0.3) is 0 Å². The van der Waals surface area contributed by atoms with E-state index in [1.54, 1.807) is 11.7 Å². The van der Waals surface area contributed by atoms with Crippen molar-refractivity contribution in [1.82, 2.24) is 19.7 Å². The van der Waals surface area contributed by atoms with Crippen LogP contribution < -0.4 is 4.90 Å². The topological polar surface area (TPSA) is 63.9 Å². The van der Waals surface area contributed by atoms with E-state index in [9.17, 15) is 9.18 Å². The molecule has 0 N–H and O–H groups in total. The molecule has 0 aromatic carbocycles. The number of aromatic nitrogens is 4. The molecule has 0 spiro atoms. The second-order valence-electron chi connectivity index (χ2n) is 5.20. The minimum atomic E-state index is -0.499. The van der Waals surface area contributed by atoms with Crippen LogP contribution in [-0.4, -0.2) is 32.7 Å². The van der Waals surface area contributed by atoms with Crippen LogP contribution in [0.5, 0.6) is 0 Å². The van der Waals surface area contributed by atoms with Crippen LogP contribution in [0.2, 0.25) is 0 Å². The van der Waals surface area contributed by atoms with E-state index in [1.165, 1.54) is 23.2 Å². The van der Waals surface area contributed by atoms with Gasteiger partial charge in [0.05, 0.1) is 12.5 Å². The lowest BCUT2D eigenvalue weighted by Crippen LogP contribution is -2.38. The molecule has 1 amide bonds. The first-order valence-electron chi connectivity index (χ1n) is 6.84. The molecule has 0 saturated heterocycles. The summed E-state index contributed by atoms with van der Waals surface area (Å²) >= 11 is 0. The summed E-state index contributed by atoms with van der Waals surface area (Å²) in [5.74, 6) is 0.798. The molecular formula is C14H16FN5O. The fourth-order valence-corrected chi connectivity index (χ4v) is 2.64. The van der Waals surface area contributed by atoms with Gasteiger partial charge in [-0.25, -0.2) is 19.0 Å². The molecule has 3 heterocycles. The van der Waals surface area contributed by atoms with E-state index >= 15 is 0 Å². The van der Waals surface area contributed by atoms with Crippen molar-refractivity contribution >= 4 is 11.7 Å². The van der Waals surface area contributed by atoms with Crippen molar-refractivity contribution in [3.63, 3.8) is 0 Å². The van der Waals surface area contributed by atoms with Crippen LogP contribution >= 0.6 is 0 Å². The number of rotatable bonds is 2. The van der Waals surface area contributed by atoms with Gasteiger partial charge in [0.15, 0.2) is 11.6 Å². The first-order chi connectivity index (χ1) is 10.1. The second kappa shape index (κ2) is 5.23. The summed E-state index contributed by atoms with van der Waals surface area (Å²) in [6.45, 7) is 2.31. The molecule has 1 aliphatic rings. The molecule has 2 aromatic rings. The molecule has 3 rings (SSSR count). The smallest absolute Gasteiger partial charge is 0.232 e. The summed E-state index contributed by atoms with van der Waals surface area (Å²) in [5.41, 5.74) is 0. The Morgan fingerprint density at radius 3 is 3.10 bits per heavy atom. The number of anilines is 1. The zero-order chi connectivity index (χ0) is 15.0. The maximum absolute atomic E-state index is 13.7. The van der Waals surface area contributed by atoms with Crippen LogP contribution in [0.25, 0.3) is 0 Å². The number of nitrogens with zero attached hydrogens (tertiary/aromatic N) is 5. The van der Waals surface area contributed by atoms with Crippen molar-refractivity contribution in [1.29, 1.82) is 0 Å². The molecule has 0 fully saturated rings. The number of fused-ring (bicyclic) bond motifs is 1. The molecule has 1 atom stereocenters. The van der Waals surface area contributed by atoms with E-state index in [4.69, 9.17) is 0 Å². The summed E-state index contributed by atoms with van der Waals surface area (Å²) < 4.78 is 15.5. The van der Waals surface area contributed by atoms with Gasteiger partial charge in [0.1, 0.15) is 11.6 Å². The average Bonchev–Trinajstić information content (AvgIpc) is 2.85. The highest BCUT2D eigenvalue weighted by Gasteiger charge is 2.30. The summed E-state index contributed by atoms with van der Waals surface area (Å²) in [6, 6.07) is 2.80. The highest BCUT2D eigenvalue weighted by atomic mass is 19.1. The molecule has 0 radical (unpaired) electrons. The van der Waals surface area contributed by atoms with Gasteiger partial charge in [-0.05, 0) is 25.5 Å². The number of hydrogen-bond donors (Lipinski definition) is 0. The van der Waals surface area contributed by atoms with E-state index in [0.29, 0.717) is 25.2 Å². The Balaban J connectivity index is 1.79. The van der Waals surface area contributed by atoms with Crippen molar-refractivity contribution in [2.75, 3.05) is 11.9 Å². The van der Waals surface area contributed by atoms with Gasteiger partial charge >= 0.3 is 0 Å². The van der Waals surface area contributed by atoms with Gasteiger partial charge in [0.2, 0.25) is 5.91 Å². The molecule has 0 saturated carbocycles. The lowest BCUT2D eigenvalue weighted by Gasteiger charge is -2.26. The molecule has 0 bridgehead atoms. The number of aryl methyl sites for hydroxylation is 2. The lowest BCUT2D eigenvalue weighted by molar-refractivity contribution is -0.123. The van der Waals surface area contributed by atoms with Gasteiger partial charge in [-0.1, -0.05) is 0 Å². The molecule has 0 aliphatic carbocycles. The SMILES string of the molecule is Cc1nc2n(n1)CC(C(=O)N(C)c1ncccc1F)CC2. The maximum atomic E-state index is 13.7. The normalized spacial score (nSPS) is 17.4. The minimum Gasteiger partial charge on any atom is -0.297 e. The van der Waals surface area contributed by atoms with Crippen LogP contribution in [0.3, 0.4) is 0 Å². The van der Waals surface area contributed by atoms with E-state index in [1.807, 2.05) is 6.92 Å². The molecule has 7 heteroatoms. The Kier molecular flexibility index (Phi) is 3.40. The molecular weight excluding hydrogens is 273 g/mol. The van der Waals surface area contributed by atoms with Crippen molar-refractivity contribution in [3.05, 3.63) is 35.8 Å². The van der Waals surface area contributed by atoms with Gasteiger partial charge in [0, 0.05) is 19.7 Å². The number of carbonyl (C=O) groups excluding carboxylic acids is 1. The van der Waals surface area contributed by atoms with Crippen molar-refractivity contribution in [2.24, 2.45) is 5.92 Å². The zero-order valence-electron chi connectivity index (χ0n) is 12.0. The van der Waals surface area contributed by atoms with Gasteiger partial charge in [-0.15, -0.1) is 0 Å². The van der Waals surface area contributed by atoms with Crippen LogP contribution in [0.4, 0.5) is 10.2 Å². The quantitative estimate of drug-likeness (QED) is 0.837. The van der Waals surface area contributed by atoms with Crippen LogP contribution in [-0.2, 0) is 17.8 Å². The fraction of sp³-hybridized carbons (Fsp3) is 0.429. The molecule has 21 heavy (non-hydrogen) atoms. The predicted molar refractivity (Wildman–Crippen MR) is 74.2 cm³/mol. The Morgan fingerprint density at radius 2 is 2.33 bits per heavy atom. The van der Waals surface area contributed by atoms with Gasteiger partial charge in [-0.3, -0.25) is 9.69 Å². The third-order valence-electron chi connectivity index (χ3n) is 3.70. The Hall–Kier alpha value is -2.31. The van der Waals surface area contributed by atoms with Crippen molar-refractivity contribution < 1.29 is 9.18 Å². The first kappa shape index (κ1) is 13.7. The summed E-state index contributed by atoms with van der Waals surface area (Å²) in [5, 5.41) is 4.28. The lowest BCUT2D eigenvalue weighted by atomic mass is 9.98. The predicted octanol–water partition coefficient (Wildman–Crippen LogP) is 1.35. The number of amides is 1. The minimum absolute atomic E-state index is 0.0584. The zero-order valence-corrected chi connectivity index (χ0v) is 12.0. The second-order valence-corrected chi connectivity index (χ2v) is 5.20. The molecule has 1 unspecified atom stereocenters. The fourth-order valence-electron chi connectivity index (χ4n) is 2.64. The number of halogens is 1. The first-order valence-corrected chi connectivity index (χ1v) is 6.84. The average molecular weight is 289 g/mol. The third-order valence-corrected chi connectivity index (χ3v) is 3.70. The van der Waals surface area contributed by atoms with Crippen molar-refractivity contribution in [2.45, 2.75) is 26.3 Å². The molecule has 2 aromatic heterocycles. The molecule has 110 valence electrons. The van der Waals surface area contributed by atoms with Crippen LogP contribution in [0, 0.1) is 18.7 Å². The van der Waals surface area contributed by atoms with Gasteiger partial charge < -0.3 is 0 Å². The summed E-state index contributed by atoms with van der Waals surface area (Å²) in [6.07, 6.45) is 2.87. The Labute approximate surface area is 121 Å². The highest BCUT2D eigenvalue weighted by Crippen LogP contribution is 2.23. The Morgan fingerprint density at radius 1 is 1.52 bits per heavy atom. The number of hydrogen-bond acceptors (Lipinski definition) is 4.